The van der Waals surface area contributed by atoms with E-state index in [1.165, 1.54) is 38.5 Å². The van der Waals surface area contributed by atoms with E-state index in [2.05, 4.69) is 24.3 Å². The number of aryl methyl sites for hydroxylation is 1. The molecule has 0 aromatic carbocycles. The molecular weight excluding hydrogens is 224 g/mol. The molecular formula is C14H24N4. The number of nitrogens with one attached hydrogen (secondary N) is 1. The third-order valence-corrected chi connectivity index (χ3v) is 3.94. The van der Waals surface area contributed by atoms with E-state index in [0.717, 1.165) is 29.3 Å². The Morgan fingerprint density at radius 1 is 1.17 bits per heavy atom. The number of hydrogen-bond acceptors (Lipinski definition) is 4. The topological polar surface area (TPSA) is 63.8 Å². The quantitative estimate of drug-likeness (QED) is 0.490. The number of nitrogen functional groups attached to an aromatic ring is 1. The Hall–Kier alpha value is -1.16. The molecule has 2 rings (SSSR count). The molecule has 0 aliphatic heterocycles. The lowest BCUT2D eigenvalue weighted by Gasteiger charge is -2.16. The number of aromatic nitrogens is 2. The van der Waals surface area contributed by atoms with Gasteiger partial charge in [-0.25, -0.2) is 15.8 Å². The minimum Gasteiger partial charge on any atom is -0.308 e. The molecule has 4 nitrogen and oxygen atoms in total. The molecule has 18 heavy (non-hydrogen) atoms. The second kappa shape index (κ2) is 6.14. The van der Waals surface area contributed by atoms with E-state index in [0.29, 0.717) is 5.92 Å². The van der Waals surface area contributed by atoms with E-state index in [1.54, 1.807) is 0 Å². The highest BCUT2D eigenvalue weighted by molar-refractivity contribution is 5.45. The van der Waals surface area contributed by atoms with E-state index >= 15 is 0 Å². The molecule has 3 N–H and O–H groups in total. The van der Waals surface area contributed by atoms with Crippen LogP contribution in [-0.2, 0) is 6.42 Å². The Balaban J connectivity index is 2.29. The van der Waals surface area contributed by atoms with Crippen LogP contribution in [0.2, 0.25) is 0 Å². The zero-order valence-corrected chi connectivity index (χ0v) is 11.5. The van der Waals surface area contributed by atoms with Gasteiger partial charge in [0.2, 0.25) is 0 Å². The van der Waals surface area contributed by atoms with Gasteiger partial charge < -0.3 is 5.43 Å². The fourth-order valence-corrected chi connectivity index (χ4v) is 2.88. The lowest BCUT2D eigenvalue weighted by molar-refractivity contribution is 0.558. The van der Waals surface area contributed by atoms with E-state index in [9.17, 15) is 0 Å². The van der Waals surface area contributed by atoms with Gasteiger partial charge in [0.15, 0.2) is 0 Å². The molecule has 0 saturated heterocycles. The number of nitrogens with zero attached hydrogens (tertiary/aromatic N) is 2. The standard InChI is InChI=1S/C14H24N4/c1-3-12-10(2)16-13(17-14(12)18-15)11-8-6-4-5-7-9-11/h11H,3-9,15H2,1-2H3,(H,16,17,18). The second-order valence-electron chi connectivity index (χ2n) is 5.18. The zero-order valence-electron chi connectivity index (χ0n) is 11.5. The van der Waals surface area contributed by atoms with Gasteiger partial charge in [0, 0.05) is 17.2 Å². The lowest BCUT2D eigenvalue weighted by atomic mass is 9.99. The van der Waals surface area contributed by atoms with E-state index in [4.69, 9.17) is 10.8 Å². The first-order valence-corrected chi connectivity index (χ1v) is 7.10. The number of nitrogens with two attached hydrogens (primary N) is 1. The molecule has 0 bridgehead atoms. The third-order valence-electron chi connectivity index (χ3n) is 3.94. The van der Waals surface area contributed by atoms with Gasteiger partial charge >= 0.3 is 0 Å². The molecule has 1 heterocycles. The first-order valence-electron chi connectivity index (χ1n) is 7.10. The number of anilines is 1. The summed E-state index contributed by atoms with van der Waals surface area (Å²) in [6, 6.07) is 0. The van der Waals surface area contributed by atoms with Crippen molar-refractivity contribution < 1.29 is 0 Å². The average molecular weight is 248 g/mol. The molecule has 1 aromatic heterocycles. The summed E-state index contributed by atoms with van der Waals surface area (Å²) in [7, 11) is 0. The summed E-state index contributed by atoms with van der Waals surface area (Å²) < 4.78 is 0. The van der Waals surface area contributed by atoms with Crippen LogP contribution < -0.4 is 11.3 Å². The molecule has 0 atom stereocenters. The van der Waals surface area contributed by atoms with Crippen molar-refractivity contribution in [3.63, 3.8) is 0 Å². The molecule has 0 radical (unpaired) electrons. The van der Waals surface area contributed by atoms with Crippen molar-refractivity contribution in [3.05, 3.63) is 17.1 Å². The molecule has 1 fully saturated rings. The second-order valence-corrected chi connectivity index (χ2v) is 5.18. The minimum atomic E-state index is 0.518. The smallest absolute Gasteiger partial charge is 0.147 e. The van der Waals surface area contributed by atoms with E-state index < -0.39 is 0 Å². The van der Waals surface area contributed by atoms with Crippen LogP contribution in [0.1, 0.15) is 68.4 Å². The van der Waals surface area contributed by atoms with Crippen molar-refractivity contribution in [2.75, 3.05) is 5.43 Å². The largest absolute Gasteiger partial charge is 0.308 e. The molecule has 0 unspecified atom stereocenters. The molecule has 1 aromatic rings. The third kappa shape index (κ3) is 2.80. The van der Waals surface area contributed by atoms with Gasteiger partial charge in [0.1, 0.15) is 11.6 Å². The Morgan fingerprint density at radius 2 is 1.83 bits per heavy atom. The SMILES string of the molecule is CCc1c(C)nc(C2CCCCCC2)nc1NN. The number of rotatable bonds is 3. The van der Waals surface area contributed by atoms with Crippen molar-refractivity contribution in [1.29, 1.82) is 0 Å². The zero-order chi connectivity index (χ0) is 13.0. The molecule has 4 heteroatoms. The first kappa shape index (κ1) is 13.3. The summed E-state index contributed by atoms with van der Waals surface area (Å²) in [5.41, 5.74) is 4.93. The predicted octanol–water partition coefficient (Wildman–Crippen LogP) is 3.07. The van der Waals surface area contributed by atoms with Crippen LogP contribution in [0.3, 0.4) is 0 Å². The maximum atomic E-state index is 5.58. The summed E-state index contributed by atoms with van der Waals surface area (Å²) in [6.07, 6.45) is 8.65. The van der Waals surface area contributed by atoms with Gasteiger partial charge in [-0.15, -0.1) is 0 Å². The Kier molecular flexibility index (Phi) is 4.53. The van der Waals surface area contributed by atoms with E-state index in [1.807, 2.05) is 0 Å². The summed E-state index contributed by atoms with van der Waals surface area (Å²) in [5.74, 6) is 7.90. The molecule has 1 aliphatic carbocycles. The van der Waals surface area contributed by atoms with Crippen molar-refractivity contribution >= 4 is 5.82 Å². The van der Waals surface area contributed by atoms with Crippen LogP contribution >= 0.6 is 0 Å². The van der Waals surface area contributed by atoms with Crippen LogP contribution in [0, 0.1) is 6.92 Å². The number of hydrazine groups is 1. The molecule has 100 valence electrons. The molecule has 1 aliphatic rings. The van der Waals surface area contributed by atoms with Gasteiger partial charge in [-0.1, -0.05) is 32.6 Å². The lowest BCUT2D eigenvalue weighted by Crippen LogP contribution is -2.16. The van der Waals surface area contributed by atoms with Crippen molar-refractivity contribution in [2.24, 2.45) is 5.84 Å². The minimum absolute atomic E-state index is 0.518. The van der Waals surface area contributed by atoms with Crippen LogP contribution in [0.5, 0.6) is 0 Å². The molecule has 0 amide bonds. The highest BCUT2D eigenvalue weighted by Crippen LogP contribution is 2.31. The average Bonchev–Trinajstić information content (AvgIpc) is 2.66. The predicted molar refractivity (Wildman–Crippen MR) is 74.4 cm³/mol. The summed E-state index contributed by atoms with van der Waals surface area (Å²) >= 11 is 0. The van der Waals surface area contributed by atoms with Crippen LogP contribution in [-0.4, -0.2) is 9.97 Å². The van der Waals surface area contributed by atoms with Crippen molar-refractivity contribution in [1.82, 2.24) is 9.97 Å². The Morgan fingerprint density at radius 3 is 2.39 bits per heavy atom. The van der Waals surface area contributed by atoms with Gasteiger partial charge in [-0.2, -0.15) is 0 Å². The monoisotopic (exact) mass is 248 g/mol. The maximum absolute atomic E-state index is 5.58. The Bertz CT molecular complexity index is 395. The summed E-state index contributed by atoms with van der Waals surface area (Å²) in [6.45, 7) is 4.17. The summed E-state index contributed by atoms with van der Waals surface area (Å²) in [5, 5.41) is 0. The van der Waals surface area contributed by atoms with Crippen LogP contribution in [0.4, 0.5) is 5.82 Å². The van der Waals surface area contributed by atoms with Crippen LogP contribution in [0.15, 0.2) is 0 Å². The fourth-order valence-electron chi connectivity index (χ4n) is 2.88. The van der Waals surface area contributed by atoms with Gasteiger partial charge in [0.25, 0.3) is 0 Å². The van der Waals surface area contributed by atoms with E-state index in [-0.39, 0.29) is 0 Å². The fraction of sp³-hybridized carbons (Fsp3) is 0.714. The van der Waals surface area contributed by atoms with Crippen molar-refractivity contribution in [3.8, 4) is 0 Å². The highest BCUT2D eigenvalue weighted by Gasteiger charge is 2.19. The number of hydrogen-bond donors (Lipinski definition) is 2. The Labute approximate surface area is 109 Å². The maximum Gasteiger partial charge on any atom is 0.147 e. The van der Waals surface area contributed by atoms with Crippen molar-refractivity contribution in [2.45, 2.75) is 64.7 Å². The summed E-state index contributed by atoms with van der Waals surface area (Å²) in [4.78, 5) is 9.35. The normalized spacial score (nSPS) is 17.5. The van der Waals surface area contributed by atoms with Gasteiger partial charge in [-0.3, -0.25) is 0 Å². The first-order chi connectivity index (χ1) is 8.76. The van der Waals surface area contributed by atoms with Gasteiger partial charge in [0.05, 0.1) is 0 Å². The van der Waals surface area contributed by atoms with Gasteiger partial charge in [-0.05, 0) is 26.2 Å². The molecule has 1 saturated carbocycles. The van der Waals surface area contributed by atoms with Crippen LogP contribution in [0.25, 0.3) is 0 Å². The highest BCUT2D eigenvalue weighted by atomic mass is 15.3. The molecule has 0 spiro atoms.